The van der Waals surface area contributed by atoms with Crippen LogP contribution in [0.15, 0.2) is 79.4 Å². The average Bonchev–Trinajstić information content (AvgIpc) is 3.47. The number of hydrogen-bond acceptors (Lipinski definition) is 15. The largest absolute Gasteiger partial charge is 0.461 e. The molecule has 0 aliphatic heterocycles. The number of urea groups is 2. The summed E-state index contributed by atoms with van der Waals surface area (Å²) in [5, 5.41) is 23.4. The van der Waals surface area contributed by atoms with E-state index in [1.165, 1.54) is 31.2 Å². The van der Waals surface area contributed by atoms with E-state index in [-0.39, 0.29) is 75.3 Å². The number of rotatable bonds is 31. The molecule has 3 rings (SSSR count). The standard InChI is InChI=1S/C55H73N13O15/c1-8-44(72)68(32(6)69)24-21-43(71)61-40-26-36(47(73)66-45(30(2)3)51(77)64-41(11-9-22-59-53(56)79)49(75)62-38-17-13-34(14-18-38)28-82-33(7)70)25-37(27-40)48(74)67-46(31(4)5)52(78)65-42(12-10-23-60-54(57)80)50(76)63-39-19-15-35(16-20-39)29-83-55(58)81/h8,13-20,25-27,30-31,41-42,45-46H,1,9-12,21-24,28-29H2,2-7H3,(H2,58,81)(H,61,71)(H,62,75)(H,63,76)(H,64,77)(H,65,78)(H,66,73)(H,67,74)(H3,56,59,79)(H3,57,60,80). The molecule has 0 aromatic heterocycles. The van der Waals surface area contributed by atoms with Gasteiger partial charge in [0.05, 0.1) is 0 Å². The Morgan fingerprint density at radius 1 is 0.554 bits per heavy atom. The molecule has 0 radical (unpaired) electrons. The normalized spacial score (nSPS) is 12.1. The predicted octanol–water partition coefficient (Wildman–Crippen LogP) is 1.89. The summed E-state index contributed by atoms with van der Waals surface area (Å²) in [6.45, 7) is 11.7. The maximum Gasteiger partial charge on any atom is 0.404 e. The van der Waals surface area contributed by atoms with Crippen molar-refractivity contribution in [3.05, 3.63) is 102 Å². The first-order valence-corrected chi connectivity index (χ1v) is 26.2. The molecule has 4 atom stereocenters. The highest BCUT2D eigenvalue weighted by Crippen LogP contribution is 2.20. The van der Waals surface area contributed by atoms with Crippen LogP contribution in [0.2, 0.25) is 0 Å². The Balaban J connectivity index is 1.99. The number of benzene rings is 3. The van der Waals surface area contributed by atoms with Crippen LogP contribution in [0.25, 0.3) is 0 Å². The van der Waals surface area contributed by atoms with E-state index in [9.17, 15) is 62.3 Å². The molecule has 0 heterocycles. The maximum absolute atomic E-state index is 14.4. The molecule has 0 bridgehead atoms. The minimum atomic E-state index is -1.36. The minimum absolute atomic E-state index is 0.00610. The first-order chi connectivity index (χ1) is 39.2. The number of nitrogens with zero attached hydrogens (tertiary/aromatic N) is 1. The van der Waals surface area contributed by atoms with Gasteiger partial charge in [0.25, 0.3) is 17.7 Å². The molecular weight excluding hydrogens is 1080 g/mol. The highest BCUT2D eigenvalue weighted by Gasteiger charge is 2.32. The van der Waals surface area contributed by atoms with Gasteiger partial charge >= 0.3 is 24.1 Å². The van der Waals surface area contributed by atoms with E-state index in [1.807, 2.05) is 0 Å². The van der Waals surface area contributed by atoms with Crippen molar-refractivity contribution in [1.29, 1.82) is 0 Å². The average molecular weight is 1160 g/mol. The van der Waals surface area contributed by atoms with E-state index in [2.05, 4.69) is 54.4 Å². The Morgan fingerprint density at radius 2 is 0.976 bits per heavy atom. The number of carbonyl (C=O) groups is 13. The summed E-state index contributed by atoms with van der Waals surface area (Å²) < 4.78 is 9.80. The second kappa shape index (κ2) is 33.6. The molecule has 28 nitrogen and oxygen atoms in total. The van der Waals surface area contributed by atoms with Crippen molar-refractivity contribution < 1.29 is 71.8 Å². The molecule has 3 aromatic carbocycles. The highest BCUT2D eigenvalue weighted by molar-refractivity contribution is 6.06. The van der Waals surface area contributed by atoms with Gasteiger partial charge in [0, 0.05) is 68.1 Å². The fourth-order valence-electron chi connectivity index (χ4n) is 7.71. The zero-order valence-corrected chi connectivity index (χ0v) is 47.0. The Hall–Kier alpha value is -9.89. The lowest BCUT2D eigenvalue weighted by atomic mass is 10.00. The summed E-state index contributed by atoms with van der Waals surface area (Å²) in [6.07, 6.45) is -0.247. The van der Waals surface area contributed by atoms with E-state index < -0.39 is 120 Å². The molecule has 0 spiro atoms. The van der Waals surface area contributed by atoms with Crippen molar-refractivity contribution in [3.63, 3.8) is 0 Å². The second-order valence-electron chi connectivity index (χ2n) is 19.4. The molecule has 3 aromatic rings. The number of nitrogens with two attached hydrogens (primary N) is 3. The van der Waals surface area contributed by atoms with Gasteiger partial charge < -0.3 is 74.5 Å². The van der Waals surface area contributed by atoms with E-state index >= 15 is 0 Å². The zero-order chi connectivity index (χ0) is 61.9. The number of nitrogens with one attached hydrogen (secondary N) is 9. The molecule has 14 amide bonds. The van der Waals surface area contributed by atoms with Crippen LogP contribution < -0.4 is 65.1 Å². The monoisotopic (exact) mass is 1160 g/mol. The lowest BCUT2D eigenvalue weighted by Gasteiger charge is -2.26. The SMILES string of the molecule is C=CC(=O)N(CCC(=O)Nc1cc(C(=O)NC(C(=O)NC(CCCNC(N)=O)C(=O)Nc2ccc(COC(C)=O)cc2)C(C)C)cc(C(=O)NC(C(=O)NC(CCCNC(N)=O)C(=O)Nc2ccc(COC(N)=O)cc2)C(C)C)c1)C(C)=O. The van der Waals surface area contributed by atoms with Crippen molar-refractivity contribution >= 4 is 94.4 Å². The van der Waals surface area contributed by atoms with Gasteiger partial charge in [0.1, 0.15) is 37.4 Å². The third-order valence-corrected chi connectivity index (χ3v) is 12.1. The molecule has 0 saturated heterocycles. The van der Waals surface area contributed by atoms with Crippen molar-refractivity contribution in [1.82, 2.24) is 36.8 Å². The van der Waals surface area contributed by atoms with Gasteiger partial charge in [-0.25, -0.2) is 14.4 Å². The number of primary amides is 3. The van der Waals surface area contributed by atoms with E-state index in [0.29, 0.717) is 22.5 Å². The van der Waals surface area contributed by atoms with Crippen LogP contribution in [-0.2, 0) is 61.0 Å². The van der Waals surface area contributed by atoms with Crippen LogP contribution in [0.4, 0.5) is 31.4 Å². The number of ether oxygens (including phenoxy) is 2. The number of imide groups is 1. The van der Waals surface area contributed by atoms with Crippen LogP contribution in [-0.4, -0.2) is 126 Å². The van der Waals surface area contributed by atoms with Gasteiger partial charge in [-0.3, -0.25) is 52.8 Å². The minimum Gasteiger partial charge on any atom is -0.461 e. The molecule has 0 aliphatic rings. The van der Waals surface area contributed by atoms with E-state index in [4.69, 9.17) is 26.7 Å². The van der Waals surface area contributed by atoms with Gasteiger partial charge in [-0.15, -0.1) is 0 Å². The van der Waals surface area contributed by atoms with Gasteiger partial charge in [0.2, 0.25) is 35.4 Å². The summed E-state index contributed by atoms with van der Waals surface area (Å²) >= 11 is 0. The number of carbonyl (C=O) groups excluding carboxylic acids is 13. The quantitative estimate of drug-likeness (QED) is 0.0249. The topological polar surface area (TPSA) is 430 Å². The van der Waals surface area contributed by atoms with Crippen molar-refractivity contribution in [2.24, 2.45) is 29.0 Å². The molecule has 0 aliphatic carbocycles. The number of esters is 1. The third-order valence-electron chi connectivity index (χ3n) is 12.1. The van der Waals surface area contributed by atoms with Crippen LogP contribution in [0, 0.1) is 11.8 Å². The number of anilines is 3. The van der Waals surface area contributed by atoms with Crippen LogP contribution in [0.5, 0.6) is 0 Å². The molecule has 0 fully saturated rings. The molecule has 15 N–H and O–H groups in total. The second-order valence-corrected chi connectivity index (χ2v) is 19.4. The summed E-state index contributed by atoms with van der Waals surface area (Å²) in [4.78, 5) is 168. The first-order valence-electron chi connectivity index (χ1n) is 26.2. The van der Waals surface area contributed by atoms with Crippen LogP contribution >= 0.6 is 0 Å². The smallest absolute Gasteiger partial charge is 0.404 e. The Labute approximate surface area is 478 Å². The molecular formula is C55H73N13O15. The third kappa shape index (κ3) is 24.2. The predicted molar refractivity (Wildman–Crippen MR) is 302 cm³/mol. The molecule has 28 heteroatoms. The lowest BCUT2D eigenvalue weighted by Crippen LogP contribution is -2.55. The highest BCUT2D eigenvalue weighted by atomic mass is 16.5. The Morgan fingerprint density at radius 3 is 1.34 bits per heavy atom. The summed E-state index contributed by atoms with van der Waals surface area (Å²) in [6, 6.07) is 9.15. The van der Waals surface area contributed by atoms with Gasteiger partial charge in [0.15, 0.2) is 0 Å². The number of hydrogen-bond donors (Lipinski definition) is 12. The molecule has 4 unspecified atom stereocenters. The molecule has 448 valence electrons. The van der Waals surface area contributed by atoms with Crippen molar-refractivity contribution in [2.45, 2.75) is 111 Å². The summed E-state index contributed by atoms with van der Waals surface area (Å²) in [5.41, 5.74) is 16.6. The maximum atomic E-state index is 14.4. The van der Waals surface area contributed by atoms with Crippen molar-refractivity contribution in [2.75, 3.05) is 35.6 Å². The van der Waals surface area contributed by atoms with Gasteiger partial charge in [-0.2, -0.15) is 0 Å². The molecule has 0 saturated carbocycles. The fourth-order valence-corrected chi connectivity index (χ4v) is 7.71. The van der Waals surface area contributed by atoms with Gasteiger partial charge in [-0.05, 0) is 97.2 Å². The Kier molecular flexibility index (Phi) is 27.3. The van der Waals surface area contributed by atoms with E-state index in [1.54, 1.807) is 64.1 Å². The van der Waals surface area contributed by atoms with Gasteiger partial charge in [-0.1, -0.05) is 58.5 Å². The number of amides is 14. The Bertz CT molecular complexity index is 2700. The van der Waals surface area contributed by atoms with Crippen molar-refractivity contribution in [3.8, 4) is 0 Å². The lowest BCUT2D eigenvalue weighted by molar-refractivity contribution is -0.143. The van der Waals surface area contributed by atoms with Crippen LogP contribution in [0.1, 0.15) is 105 Å². The first kappa shape index (κ1) is 67.4. The fraction of sp³-hybridized carbons (Fsp3) is 0.400. The van der Waals surface area contributed by atoms with Crippen LogP contribution in [0.3, 0.4) is 0 Å². The summed E-state index contributed by atoms with van der Waals surface area (Å²) in [7, 11) is 0. The zero-order valence-electron chi connectivity index (χ0n) is 47.0. The van der Waals surface area contributed by atoms with E-state index in [0.717, 1.165) is 24.0 Å². The molecule has 83 heavy (non-hydrogen) atoms. The summed E-state index contributed by atoms with van der Waals surface area (Å²) in [5.74, 6) is -8.88.